The minimum absolute atomic E-state index is 0.134. The van der Waals surface area contributed by atoms with Gasteiger partial charge in [-0.2, -0.15) is 0 Å². The fourth-order valence-corrected chi connectivity index (χ4v) is 2.97. The molecular formula is C18H21N3O6S. The molecule has 2 aromatic carbocycles. The number of amides is 1. The highest BCUT2D eigenvalue weighted by molar-refractivity contribution is 7.90. The minimum atomic E-state index is -3.55. The zero-order valence-electron chi connectivity index (χ0n) is 15.4. The Morgan fingerprint density at radius 2 is 1.86 bits per heavy atom. The number of nitrogens with one attached hydrogen (secondary N) is 2. The lowest BCUT2D eigenvalue weighted by Gasteiger charge is -2.15. The lowest BCUT2D eigenvalue weighted by molar-refractivity contribution is -0.384. The van der Waals surface area contributed by atoms with Crippen LogP contribution in [0.25, 0.3) is 0 Å². The number of anilines is 1. The van der Waals surface area contributed by atoms with E-state index in [4.69, 9.17) is 4.74 Å². The van der Waals surface area contributed by atoms with Crippen LogP contribution in [0.3, 0.4) is 0 Å². The van der Waals surface area contributed by atoms with Gasteiger partial charge in [-0.3, -0.25) is 14.9 Å². The highest BCUT2D eigenvalue weighted by Crippen LogP contribution is 2.27. The van der Waals surface area contributed by atoms with Gasteiger partial charge in [0.1, 0.15) is 11.4 Å². The van der Waals surface area contributed by atoms with Gasteiger partial charge in [0.2, 0.25) is 0 Å². The lowest BCUT2D eigenvalue weighted by atomic mass is 10.2. The van der Waals surface area contributed by atoms with E-state index < -0.39 is 20.9 Å². The number of sulfone groups is 1. The lowest BCUT2D eigenvalue weighted by Crippen LogP contribution is -2.38. The van der Waals surface area contributed by atoms with E-state index in [1.807, 2.05) is 6.07 Å². The summed E-state index contributed by atoms with van der Waals surface area (Å²) >= 11 is 0. The van der Waals surface area contributed by atoms with E-state index in [2.05, 4.69) is 10.6 Å². The van der Waals surface area contributed by atoms with Crippen molar-refractivity contribution in [3.63, 3.8) is 0 Å². The summed E-state index contributed by atoms with van der Waals surface area (Å²) in [5.41, 5.74) is -0.185. The normalized spacial score (nSPS) is 12.1. The van der Waals surface area contributed by atoms with Crippen molar-refractivity contribution in [2.75, 3.05) is 24.7 Å². The third-order valence-electron chi connectivity index (χ3n) is 3.76. The van der Waals surface area contributed by atoms with Crippen LogP contribution in [0.4, 0.5) is 11.4 Å². The number of hydrogen-bond donors (Lipinski definition) is 2. The molecule has 2 N–H and O–H groups in total. The summed E-state index contributed by atoms with van der Waals surface area (Å²) in [5.74, 6) is 0.248. The molecule has 28 heavy (non-hydrogen) atoms. The molecule has 0 aliphatic heterocycles. The number of nitro benzene ring substituents is 1. The number of nitrogens with zero attached hydrogens (tertiary/aromatic N) is 1. The van der Waals surface area contributed by atoms with Crippen molar-refractivity contribution in [2.24, 2.45) is 0 Å². The molecule has 0 aliphatic carbocycles. The number of para-hydroxylation sites is 1. The number of ether oxygens (including phenoxy) is 1. The number of benzene rings is 2. The van der Waals surface area contributed by atoms with Gasteiger partial charge in [-0.1, -0.05) is 18.2 Å². The first-order valence-corrected chi connectivity index (χ1v) is 10.3. The van der Waals surface area contributed by atoms with E-state index in [0.717, 1.165) is 12.3 Å². The van der Waals surface area contributed by atoms with Crippen LogP contribution in [0.1, 0.15) is 6.92 Å². The molecule has 1 unspecified atom stereocenters. The third kappa shape index (κ3) is 5.95. The van der Waals surface area contributed by atoms with Gasteiger partial charge in [0.25, 0.3) is 11.6 Å². The Bertz CT molecular complexity index is 947. The third-order valence-corrected chi connectivity index (χ3v) is 4.87. The van der Waals surface area contributed by atoms with Crippen molar-refractivity contribution >= 4 is 27.1 Å². The minimum Gasteiger partial charge on any atom is -0.481 e. The molecule has 0 aliphatic rings. The molecule has 0 saturated carbocycles. The van der Waals surface area contributed by atoms with Gasteiger partial charge in [0.05, 0.1) is 9.82 Å². The SMILES string of the molecule is CC(Oc1ccccc1)C(=O)NCCNc1ccc(S(C)(=O)=O)cc1[N+](=O)[O-]. The van der Waals surface area contributed by atoms with Gasteiger partial charge < -0.3 is 15.4 Å². The van der Waals surface area contributed by atoms with Crippen LogP contribution in [0, 0.1) is 10.1 Å². The average Bonchev–Trinajstić information content (AvgIpc) is 2.64. The Morgan fingerprint density at radius 1 is 1.18 bits per heavy atom. The summed E-state index contributed by atoms with van der Waals surface area (Å²) in [6, 6.07) is 12.5. The molecule has 2 aromatic rings. The van der Waals surface area contributed by atoms with Crippen molar-refractivity contribution < 1.29 is 22.9 Å². The van der Waals surface area contributed by atoms with E-state index in [0.29, 0.717) is 5.75 Å². The summed E-state index contributed by atoms with van der Waals surface area (Å²) in [4.78, 5) is 22.4. The summed E-state index contributed by atoms with van der Waals surface area (Å²) in [7, 11) is -3.55. The summed E-state index contributed by atoms with van der Waals surface area (Å²) in [6.07, 6.45) is 0.277. The summed E-state index contributed by atoms with van der Waals surface area (Å²) in [5, 5.41) is 16.7. The molecule has 9 nitrogen and oxygen atoms in total. The molecule has 0 spiro atoms. The van der Waals surface area contributed by atoms with Gasteiger partial charge in [-0.25, -0.2) is 8.42 Å². The number of carbonyl (C=O) groups excluding carboxylic acids is 1. The van der Waals surface area contributed by atoms with Gasteiger partial charge in [0, 0.05) is 25.4 Å². The van der Waals surface area contributed by atoms with E-state index in [1.54, 1.807) is 31.2 Å². The van der Waals surface area contributed by atoms with Crippen LogP contribution in [0.15, 0.2) is 53.4 Å². The number of rotatable bonds is 9. The van der Waals surface area contributed by atoms with Crippen molar-refractivity contribution in [1.29, 1.82) is 0 Å². The summed E-state index contributed by atoms with van der Waals surface area (Å²) in [6.45, 7) is 2.03. The van der Waals surface area contributed by atoms with Gasteiger partial charge in [-0.15, -0.1) is 0 Å². The molecule has 150 valence electrons. The van der Waals surface area contributed by atoms with Gasteiger partial charge in [-0.05, 0) is 31.2 Å². The maximum atomic E-state index is 12.1. The first-order chi connectivity index (χ1) is 13.2. The van der Waals surface area contributed by atoms with Crippen LogP contribution in [0.5, 0.6) is 5.75 Å². The second-order valence-electron chi connectivity index (χ2n) is 6.00. The zero-order chi connectivity index (χ0) is 20.7. The highest BCUT2D eigenvalue weighted by Gasteiger charge is 2.19. The molecule has 0 aromatic heterocycles. The largest absolute Gasteiger partial charge is 0.481 e. The predicted octanol–water partition coefficient (Wildman–Crippen LogP) is 1.99. The molecular weight excluding hydrogens is 386 g/mol. The first kappa shape index (κ1) is 21.2. The van der Waals surface area contributed by atoms with Crippen molar-refractivity contribution in [3.05, 3.63) is 58.6 Å². The maximum Gasteiger partial charge on any atom is 0.293 e. The topological polar surface area (TPSA) is 128 Å². The van der Waals surface area contributed by atoms with Crippen molar-refractivity contribution in [1.82, 2.24) is 5.32 Å². The van der Waals surface area contributed by atoms with Crippen LogP contribution in [0.2, 0.25) is 0 Å². The molecule has 0 heterocycles. The quantitative estimate of drug-likeness (QED) is 0.370. The Kier molecular flexibility index (Phi) is 6.94. The zero-order valence-corrected chi connectivity index (χ0v) is 16.2. The Hall–Kier alpha value is -3.14. The highest BCUT2D eigenvalue weighted by atomic mass is 32.2. The Morgan fingerprint density at radius 3 is 2.46 bits per heavy atom. The summed E-state index contributed by atoms with van der Waals surface area (Å²) < 4.78 is 28.6. The standard InChI is InChI=1S/C18H21N3O6S/c1-13(27-14-6-4-3-5-7-14)18(22)20-11-10-19-16-9-8-15(28(2,25)26)12-17(16)21(23)24/h3-9,12-13,19H,10-11H2,1-2H3,(H,20,22). The second-order valence-corrected chi connectivity index (χ2v) is 8.01. The van der Waals surface area contributed by atoms with Gasteiger partial charge in [0.15, 0.2) is 15.9 Å². The molecule has 0 saturated heterocycles. The fraction of sp³-hybridized carbons (Fsp3) is 0.278. The molecule has 0 fully saturated rings. The maximum absolute atomic E-state index is 12.1. The number of nitro groups is 1. The number of hydrogen-bond acceptors (Lipinski definition) is 7. The van der Waals surface area contributed by atoms with Crippen LogP contribution >= 0.6 is 0 Å². The van der Waals surface area contributed by atoms with E-state index >= 15 is 0 Å². The second kappa shape index (κ2) is 9.18. The van der Waals surface area contributed by atoms with E-state index in [-0.39, 0.29) is 35.3 Å². The average molecular weight is 407 g/mol. The molecule has 10 heteroatoms. The van der Waals surface area contributed by atoms with Crippen molar-refractivity contribution in [3.8, 4) is 5.75 Å². The van der Waals surface area contributed by atoms with Crippen molar-refractivity contribution in [2.45, 2.75) is 17.9 Å². The Labute approximate surface area is 162 Å². The molecule has 1 atom stereocenters. The van der Waals surface area contributed by atoms with Crippen LogP contribution in [-0.4, -0.2) is 44.7 Å². The van der Waals surface area contributed by atoms with Crippen LogP contribution in [-0.2, 0) is 14.6 Å². The van der Waals surface area contributed by atoms with E-state index in [1.165, 1.54) is 12.1 Å². The smallest absolute Gasteiger partial charge is 0.293 e. The fourth-order valence-electron chi connectivity index (χ4n) is 2.33. The van der Waals surface area contributed by atoms with Gasteiger partial charge >= 0.3 is 0 Å². The molecule has 2 rings (SSSR count). The molecule has 0 radical (unpaired) electrons. The van der Waals surface area contributed by atoms with Crippen LogP contribution < -0.4 is 15.4 Å². The molecule has 0 bridgehead atoms. The Balaban J connectivity index is 1.89. The molecule has 1 amide bonds. The monoisotopic (exact) mass is 407 g/mol. The first-order valence-electron chi connectivity index (χ1n) is 8.40. The predicted molar refractivity (Wildman–Crippen MR) is 104 cm³/mol. The van der Waals surface area contributed by atoms with E-state index in [9.17, 15) is 23.3 Å². The number of carbonyl (C=O) groups is 1.